The Morgan fingerprint density at radius 3 is 2.93 bits per heavy atom. The maximum absolute atomic E-state index is 11.5. The summed E-state index contributed by atoms with van der Waals surface area (Å²) in [5.74, 6) is 0.444. The first-order chi connectivity index (χ1) is 7.11. The minimum atomic E-state index is -0.345. The number of rotatable bonds is 1. The number of hydrogen-bond donors (Lipinski definition) is 1. The molecule has 0 radical (unpaired) electrons. The van der Waals surface area contributed by atoms with Crippen molar-refractivity contribution in [3.05, 3.63) is 27.1 Å². The van der Waals surface area contributed by atoms with Crippen LogP contribution in [0.3, 0.4) is 0 Å². The number of H-pyrrole nitrogens is 1. The van der Waals surface area contributed by atoms with E-state index in [9.17, 15) is 4.79 Å². The molecule has 0 fully saturated rings. The zero-order valence-electron chi connectivity index (χ0n) is 8.30. The third-order valence-corrected chi connectivity index (χ3v) is 2.70. The molecule has 0 aliphatic rings. The molecular weight excluding hydrogens is 307 g/mol. The second-order valence-electron chi connectivity index (χ2n) is 3.16. The lowest BCUT2D eigenvalue weighted by Gasteiger charge is -2.01. The summed E-state index contributed by atoms with van der Waals surface area (Å²) in [5, 5.41) is 0. The van der Waals surface area contributed by atoms with Gasteiger partial charge in [-0.15, -0.1) is 0 Å². The van der Waals surface area contributed by atoms with Gasteiger partial charge < -0.3 is 9.72 Å². The molecule has 0 amide bonds. The van der Waals surface area contributed by atoms with Crippen LogP contribution >= 0.6 is 22.6 Å². The molecule has 5 heteroatoms. The number of fused-ring (bicyclic) bond motifs is 1. The van der Waals surface area contributed by atoms with Gasteiger partial charge in [0.15, 0.2) is 0 Å². The van der Waals surface area contributed by atoms with Crippen LogP contribution in [0.1, 0.15) is 16.2 Å². The molecule has 15 heavy (non-hydrogen) atoms. The van der Waals surface area contributed by atoms with E-state index in [0.29, 0.717) is 5.56 Å². The highest BCUT2D eigenvalue weighted by atomic mass is 127. The molecule has 0 saturated heterocycles. The van der Waals surface area contributed by atoms with Crippen molar-refractivity contribution in [3.8, 4) is 0 Å². The maximum Gasteiger partial charge on any atom is 0.340 e. The van der Waals surface area contributed by atoms with Crippen molar-refractivity contribution < 1.29 is 9.53 Å². The fraction of sp³-hybridized carbons (Fsp3) is 0.200. The Balaban J connectivity index is 2.75. The highest BCUT2D eigenvalue weighted by Gasteiger charge is 2.14. The first-order valence-electron chi connectivity index (χ1n) is 4.36. The smallest absolute Gasteiger partial charge is 0.340 e. The minimum Gasteiger partial charge on any atom is -0.465 e. The molecule has 0 aliphatic carbocycles. The number of aromatic amines is 1. The van der Waals surface area contributed by atoms with E-state index in [-0.39, 0.29) is 5.97 Å². The molecule has 4 nitrogen and oxygen atoms in total. The number of benzene rings is 1. The molecule has 0 saturated carbocycles. The van der Waals surface area contributed by atoms with Gasteiger partial charge in [-0.25, -0.2) is 9.78 Å². The van der Waals surface area contributed by atoms with Crippen LogP contribution in [0.5, 0.6) is 0 Å². The van der Waals surface area contributed by atoms with Crippen LogP contribution in [-0.2, 0) is 4.74 Å². The first-order valence-corrected chi connectivity index (χ1v) is 5.44. The molecule has 78 valence electrons. The van der Waals surface area contributed by atoms with E-state index in [1.165, 1.54) is 7.11 Å². The Bertz CT molecular complexity index is 533. The zero-order chi connectivity index (χ0) is 11.0. The molecule has 0 bridgehead atoms. The quantitative estimate of drug-likeness (QED) is 0.648. The molecule has 1 N–H and O–H groups in total. The van der Waals surface area contributed by atoms with Gasteiger partial charge in [-0.2, -0.15) is 0 Å². The van der Waals surface area contributed by atoms with E-state index in [0.717, 1.165) is 20.4 Å². The summed E-state index contributed by atoms with van der Waals surface area (Å²) < 4.78 is 5.68. The number of hydrogen-bond acceptors (Lipinski definition) is 3. The average Bonchev–Trinajstić information content (AvgIpc) is 2.55. The number of esters is 1. The lowest BCUT2D eigenvalue weighted by atomic mass is 10.2. The second-order valence-corrected chi connectivity index (χ2v) is 4.41. The first kappa shape index (κ1) is 10.4. The Labute approximate surface area is 100 Å². The zero-order valence-corrected chi connectivity index (χ0v) is 10.5. The SMILES string of the molecule is COC(=O)c1cc(I)cc2nc(C)[nH]c12. The Morgan fingerprint density at radius 2 is 2.27 bits per heavy atom. The van der Waals surface area contributed by atoms with E-state index < -0.39 is 0 Å². The van der Waals surface area contributed by atoms with Crippen LogP contribution < -0.4 is 0 Å². The number of aromatic nitrogens is 2. The largest absolute Gasteiger partial charge is 0.465 e. The third kappa shape index (κ3) is 1.83. The summed E-state index contributed by atoms with van der Waals surface area (Å²) in [6.45, 7) is 1.86. The van der Waals surface area contributed by atoms with Crippen LogP contribution in [0, 0.1) is 10.5 Å². The number of nitrogens with one attached hydrogen (secondary N) is 1. The van der Waals surface area contributed by atoms with Crippen LogP contribution in [-0.4, -0.2) is 23.0 Å². The lowest BCUT2D eigenvalue weighted by Crippen LogP contribution is -2.02. The van der Waals surface area contributed by atoms with Crippen molar-refractivity contribution in [1.82, 2.24) is 9.97 Å². The molecule has 0 atom stereocenters. The Hall–Kier alpha value is -1.11. The van der Waals surface area contributed by atoms with Crippen molar-refractivity contribution in [1.29, 1.82) is 0 Å². The van der Waals surface area contributed by atoms with Gasteiger partial charge in [-0.05, 0) is 41.6 Å². The van der Waals surface area contributed by atoms with Gasteiger partial charge in [0.2, 0.25) is 0 Å². The number of methoxy groups -OCH3 is 1. The molecule has 1 aromatic heterocycles. The number of halogens is 1. The van der Waals surface area contributed by atoms with Gasteiger partial charge in [0.05, 0.1) is 23.7 Å². The van der Waals surface area contributed by atoms with Crippen LogP contribution in [0.15, 0.2) is 12.1 Å². The number of carbonyl (C=O) groups is 1. The number of nitrogens with zero attached hydrogens (tertiary/aromatic N) is 1. The van der Waals surface area contributed by atoms with Crippen molar-refractivity contribution in [2.24, 2.45) is 0 Å². The second kappa shape index (κ2) is 3.80. The summed E-state index contributed by atoms with van der Waals surface area (Å²) in [7, 11) is 1.37. The van der Waals surface area contributed by atoms with Gasteiger partial charge in [0, 0.05) is 3.57 Å². The fourth-order valence-corrected chi connectivity index (χ4v) is 2.08. The molecule has 1 heterocycles. The fourth-order valence-electron chi connectivity index (χ4n) is 1.47. The van der Waals surface area contributed by atoms with Crippen molar-refractivity contribution in [2.75, 3.05) is 7.11 Å². The maximum atomic E-state index is 11.5. The predicted octanol–water partition coefficient (Wildman–Crippen LogP) is 2.26. The van der Waals surface area contributed by atoms with Gasteiger partial charge in [0.1, 0.15) is 5.82 Å². The number of imidazole rings is 1. The molecule has 2 aromatic rings. The van der Waals surface area contributed by atoms with Crippen molar-refractivity contribution >= 4 is 39.6 Å². The van der Waals surface area contributed by atoms with E-state index >= 15 is 0 Å². The Morgan fingerprint density at radius 1 is 1.53 bits per heavy atom. The normalized spacial score (nSPS) is 10.6. The van der Waals surface area contributed by atoms with Gasteiger partial charge in [-0.1, -0.05) is 0 Å². The third-order valence-electron chi connectivity index (χ3n) is 2.08. The molecular formula is C10H9IN2O2. The van der Waals surface area contributed by atoms with E-state index in [1.54, 1.807) is 6.07 Å². The summed E-state index contributed by atoms with van der Waals surface area (Å²) in [4.78, 5) is 18.9. The van der Waals surface area contributed by atoms with Crippen molar-refractivity contribution in [3.63, 3.8) is 0 Å². The number of ether oxygens (including phenoxy) is 1. The highest BCUT2D eigenvalue weighted by Crippen LogP contribution is 2.21. The summed E-state index contributed by atoms with van der Waals surface area (Å²) >= 11 is 2.15. The van der Waals surface area contributed by atoms with Gasteiger partial charge in [-0.3, -0.25) is 0 Å². The topological polar surface area (TPSA) is 55.0 Å². The monoisotopic (exact) mass is 316 g/mol. The summed E-state index contributed by atoms with van der Waals surface area (Å²) in [6.07, 6.45) is 0. The van der Waals surface area contributed by atoms with Gasteiger partial charge in [0.25, 0.3) is 0 Å². The molecule has 0 spiro atoms. The van der Waals surface area contributed by atoms with Crippen LogP contribution in [0.2, 0.25) is 0 Å². The predicted molar refractivity (Wildman–Crippen MR) is 64.9 cm³/mol. The standard InChI is InChI=1S/C10H9IN2O2/c1-5-12-8-4-6(11)3-7(9(8)13-5)10(14)15-2/h3-4H,1-2H3,(H,12,13). The van der Waals surface area contributed by atoms with Crippen LogP contribution in [0.25, 0.3) is 11.0 Å². The lowest BCUT2D eigenvalue weighted by molar-refractivity contribution is 0.0602. The average molecular weight is 316 g/mol. The van der Waals surface area contributed by atoms with E-state index in [2.05, 4.69) is 32.6 Å². The molecule has 0 unspecified atom stereocenters. The van der Waals surface area contributed by atoms with E-state index in [4.69, 9.17) is 4.74 Å². The van der Waals surface area contributed by atoms with Crippen molar-refractivity contribution in [2.45, 2.75) is 6.92 Å². The summed E-state index contributed by atoms with van der Waals surface area (Å²) in [6, 6.07) is 3.71. The Kier molecular flexibility index (Phi) is 2.64. The minimum absolute atomic E-state index is 0.345. The molecule has 1 aromatic carbocycles. The molecule has 2 rings (SSSR count). The van der Waals surface area contributed by atoms with Gasteiger partial charge >= 0.3 is 5.97 Å². The summed E-state index contributed by atoms with van der Waals surface area (Å²) in [5.41, 5.74) is 2.06. The highest BCUT2D eigenvalue weighted by molar-refractivity contribution is 14.1. The van der Waals surface area contributed by atoms with E-state index in [1.807, 2.05) is 13.0 Å². The number of carbonyl (C=O) groups excluding carboxylic acids is 1. The number of aryl methyl sites for hydroxylation is 1. The molecule has 0 aliphatic heterocycles. The van der Waals surface area contributed by atoms with Crippen LogP contribution in [0.4, 0.5) is 0 Å².